The maximum Gasteiger partial charge on any atom is 0.147 e. The molecule has 0 radical (unpaired) electrons. The van der Waals surface area contributed by atoms with Gasteiger partial charge < -0.3 is 14.5 Å². The van der Waals surface area contributed by atoms with Crippen molar-refractivity contribution in [2.24, 2.45) is 0 Å². The number of benzene rings is 6. The molecule has 0 unspecified atom stereocenters. The van der Waals surface area contributed by atoms with Crippen LogP contribution in [0.25, 0.3) is 59.2 Å². The Morgan fingerprint density at radius 3 is 2.00 bits per heavy atom. The first-order chi connectivity index (χ1) is 28.0. The van der Waals surface area contributed by atoms with Gasteiger partial charge in [-0.25, -0.2) is 4.98 Å². The number of pyridine rings is 1. The van der Waals surface area contributed by atoms with E-state index in [1.807, 2.05) is 6.20 Å². The Morgan fingerprint density at radius 1 is 0.603 bits per heavy atom. The molecule has 0 fully saturated rings. The fourth-order valence-corrected chi connectivity index (χ4v) is 9.72. The molecule has 0 N–H and O–H groups in total. The summed E-state index contributed by atoms with van der Waals surface area (Å²) in [6.45, 7) is 14.3. The van der Waals surface area contributed by atoms with E-state index in [0.717, 1.165) is 38.7 Å². The molecule has 9 aromatic rings. The number of rotatable bonds is 6. The molecular weight excluding hydrogens is 729 g/mol. The highest BCUT2D eigenvalue weighted by atomic mass is 32.1. The molecule has 0 aliphatic carbocycles. The minimum Gasteiger partial charge on any atom is -0.456 e. The highest BCUT2D eigenvalue weighted by molar-refractivity contribution is 7.26. The van der Waals surface area contributed by atoms with E-state index < -0.39 is 0 Å². The van der Waals surface area contributed by atoms with Gasteiger partial charge in [0.1, 0.15) is 17.3 Å². The largest absolute Gasteiger partial charge is 0.456 e. The summed E-state index contributed by atoms with van der Waals surface area (Å²) in [5.74, 6) is 2.52. The predicted octanol–water partition coefficient (Wildman–Crippen LogP) is 14.0. The molecule has 0 saturated heterocycles. The normalized spacial score (nSPS) is 13.8. The molecule has 0 atom stereocenters. The zero-order valence-corrected chi connectivity index (χ0v) is 34.6. The lowest BCUT2D eigenvalue weighted by atomic mass is 9.88. The van der Waals surface area contributed by atoms with Crippen LogP contribution in [0.5, 0.6) is 11.5 Å². The smallest absolute Gasteiger partial charge is 0.147 e. The average molecular weight is 775 g/mol. The molecule has 6 aromatic carbocycles. The molecule has 0 bridgehead atoms. The van der Waals surface area contributed by atoms with Crippen molar-refractivity contribution in [2.75, 3.05) is 11.6 Å². The van der Waals surface area contributed by atoms with Crippen LogP contribution >= 0.6 is 11.3 Å². The van der Waals surface area contributed by atoms with E-state index in [2.05, 4.69) is 208 Å². The third kappa shape index (κ3) is 6.02. The summed E-state index contributed by atoms with van der Waals surface area (Å²) in [5, 5.41) is 4.87. The third-order valence-corrected chi connectivity index (χ3v) is 12.6. The topological polar surface area (TPSA) is 33.5 Å². The Labute approximate surface area is 344 Å². The van der Waals surface area contributed by atoms with E-state index in [9.17, 15) is 0 Å². The number of thiophene rings is 1. The number of hydrogen-bond acceptors (Lipinski definition) is 5. The maximum absolute atomic E-state index is 7.16. The van der Waals surface area contributed by atoms with Crippen LogP contribution in [0, 0.1) is 0 Å². The van der Waals surface area contributed by atoms with E-state index >= 15 is 0 Å². The van der Waals surface area contributed by atoms with Crippen LogP contribution in [-0.4, -0.2) is 26.7 Å². The second kappa shape index (κ2) is 13.6. The predicted molar refractivity (Wildman–Crippen MR) is 245 cm³/mol. The van der Waals surface area contributed by atoms with Gasteiger partial charge in [0.2, 0.25) is 0 Å². The van der Waals surface area contributed by atoms with E-state index in [1.165, 1.54) is 54.3 Å². The van der Waals surface area contributed by atoms with Gasteiger partial charge in [0, 0.05) is 66.9 Å². The fourth-order valence-electron chi connectivity index (χ4n) is 8.56. The molecule has 6 heteroatoms. The molecule has 5 nitrogen and oxygen atoms in total. The van der Waals surface area contributed by atoms with Crippen molar-refractivity contribution < 1.29 is 4.74 Å². The number of ether oxygens (including phenoxy) is 1. The molecule has 3 aromatic heterocycles. The minimum absolute atomic E-state index is 0.0246. The lowest BCUT2D eigenvalue weighted by molar-refractivity contribution is 0.237. The lowest BCUT2D eigenvalue weighted by Gasteiger charge is -2.36. The third-order valence-electron chi connectivity index (χ3n) is 11.4. The number of hydrogen-bond donors (Lipinski definition) is 0. The molecule has 58 heavy (non-hydrogen) atoms. The van der Waals surface area contributed by atoms with Gasteiger partial charge >= 0.3 is 0 Å². The van der Waals surface area contributed by atoms with Crippen molar-refractivity contribution in [1.29, 1.82) is 0 Å². The first-order valence-electron chi connectivity index (χ1n) is 20.1. The number of fused-ring (bicyclic) bond motifs is 7. The average Bonchev–Trinajstić information content (AvgIpc) is 3.92. The summed E-state index contributed by atoms with van der Waals surface area (Å²) in [5.41, 5.74) is 9.13. The first-order valence-corrected chi connectivity index (χ1v) is 20.9. The van der Waals surface area contributed by atoms with Crippen molar-refractivity contribution in [3.05, 3.63) is 175 Å². The van der Waals surface area contributed by atoms with Crippen molar-refractivity contribution in [2.45, 2.75) is 52.5 Å². The molecule has 10 rings (SSSR count). The van der Waals surface area contributed by atoms with E-state index in [0.29, 0.717) is 6.67 Å². The molecule has 0 saturated carbocycles. The lowest BCUT2D eigenvalue weighted by Crippen LogP contribution is -2.41. The van der Waals surface area contributed by atoms with Crippen LogP contribution in [0.1, 0.15) is 58.2 Å². The highest BCUT2D eigenvalue weighted by Crippen LogP contribution is 2.49. The Kier molecular flexibility index (Phi) is 8.46. The van der Waals surface area contributed by atoms with Gasteiger partial charge in [-0.05, 0) is 68.1 Å². The van der Waals surface area contributed by atoms with Gasteiger partial charge in [-0.15, -0.1) is 11.3 Å². The molecule has 1 aliphatic rings. The van der Waals surface area contributed by atoms with Gasteiger partial charge in [0.25, 0.3) is 0 Å². The van der Waals surface area contributed by atoms with Gasteiger partial charge in [-0.3, -0.25) is 4.57 Å². The standard InChI is InChI=1S/C52H46N4OS/c1-51(2,3)36-28-29-53-45(30-36)56-41-26-15-13-24-39(41)46-42(56)32-43(50-47(46)40-25-14-16-27-44(40)58-50)57-38-23-17-22-37(31-38)54-33-55(52(4,5)6)49(35-20-11-8-12-21-35)48(54)34-18-9-7-10-19-34/h7-32H,33H2,1-6H3. The van der Waals surface area contributed by atoms with Crippen molar-refractivity contribution in [3.8, 4) is 17.3 Å². The van der Waals surface area contributed by atoms with Gasteiger partial charge in [-0.1, -0.05) is 124 Å². The maximum atomic E-state index is 7.16. The second-order valence-electron chi connectivity index (χ2n) is 17.3. The Hall–Kier alpha value is -6.37. The quantitative estimate of drug-likeness (QED) is 0.168. The highest BCUT2D eigenvalue weighted by Gasteiger charge is 2.37. The fraction of sp³-hybridized carbons (Fsp3) is 0.173. The summed E-state index contributed by atoms with van der Waals surface area (Å²) in [7, 11) is 0. The molecular formula is C52H46N4OS. The van der Waals surface area contributed by atoms with E-state index in [-0.39, 0.29) is 11.0 Å². The summed E-state index contributed by atoms with van der Waals surface area (Å²) in [6.07, 6.45) is 1.94. The van der Waals surface area contributed by atoms with Gasteiger partial charge in [0.15, 0.2) is 0 Å². The monoisotopic (exact) mass is 774 g/mol. The molecule has 1 aliphatic heterocycles. The summed E-state index contributed by atoms with van der Waals surface area (Å²) < 4.78 is 11.9. The Balaban J connectivity index is 1.17. The number of aromatic nitrogens is 2. The molecule has 0 spiro atoms. The molecule has 286 valence electrons. The minimum atomic E-state index is -0.129. The molecule has 4 heterocycles. The number of nitrogens with zero attached hydrogens (tertiary/aromatic N) is 4. The van der Waals surface area contributed by atoms with Crippen molar-refractivity contribution in [1.82, 2.24) is 14.5 Å². The Morgan fingerprint density at radius 2 is 1.28 bits per heavy atom. The van der Waals surface area contributed by atoms with Gasteiger partial charge in [0.05, 0.1) is 33.8 Å². The van der Waals surface area contributed by atoms with Crippen LogP contribution in [0.4, 0.5) is 5.69 Å². The zero-order valence-electron chi connectivity index (χ0n) is 33.8. The summed E-state index contributed by atoms with van der Waals surface area (Å²) >= 11 is 1.80. The van der Waals surface area contributed by atoms with Crippen LogP contribution in [-0.2, 0) is 5.41 Å². The number of anilines is 1. The van der Waals surface area contributed by atoms with Crippen LogP contribution in [0.15, 0.2) is 158 Å². The van der Waals surface area contributed by atoms with Crippen molar-refractivity contribution >= 4 is 70.4 Å². The summed E-state index contributed by atoms with van der Waals surface area (Å²) in [4.78, 5) is 9.96. The van der Waals surface area contributed by atoms with Crippen LogP contribution in [0.2, 0.25) is 0 Å². The summed E-state index contributed by atoms with van der Waals surface area (Å²) in [6, 6.07) is 54.3. The van der Waals surface area contributed by atoms with Crippen LogP contribution in [0.3, 0.4) is 0 Å². The van der Waals surface area contributed by atoms with Gasteiger partial charge in [-0.2, -0.15) is 0 Å². The second-order valence-corrected chi connectivity index (χ2v) is 18.3. The van der Waals surface area contributed by atoms with E-state index in [4.69, 9.17) is 9.72 Å². The first kappa shape index (κ1) is 36.0. The SMILES string of the molecule is CC(C)(C)c1ccnc(-n2c3ccccc3c3c4c(sc5ccccc54)c(Oc4cccc(N5CN(C(C)(C)C)C(c6ccccc6)=C5c5ccccc5)c4)cc32)c1. The zero-order chi connectivity index (χ0) is 39.8. The molecule has 0 amide bonds. The Bertz CT molecular complexity index is 3040. The van der Waals surface area contributed by atoms with Crippen molar-refractivity contribution in [3.63, 3.8) is 0 Å². The van der Waals surface area contributed by atoms with Crippen LogP contribution < -0.4 is 9.64 Å². The van der Waals surface area contributed by atoms with E-state index in [1.54, 1.807) is 11.3 Å². The number of para-hydroxylation sites is 1.